The zero-order valence-corrected chi connectivity index (χ0v) is 11.1. The quantitative estimate of drug-likeness (QED) is 0.507. The molecule has 0 aliphatic carbocycles. The first kappa shape index (κ1) is 14.2. The average molecular weight is 250 g/mol. The van der Waals surface area contributed by atoms with Crippen LogP contribution < -0.4 is 4.74 Å². The molecule has 0 aliphatic heterocycles. The Morgan fingerprint density at radius 3 is 2.44 bits per heavy atom. The molecule has 4 nitrogen and oxygen atoms in total. The lowest BCUT2D eigenvalue weighted by Crippen LogP contribution is -2.10. The van der Waals surface area contributed by atoms with E-state index in [1.54, 1.807) is 33.8 Å². The van der Waals surface area contributed by atoms with Crippen LogP contribution in [0.5, 0.6) is 11.5 Å². The molecule has 0 amide bonds. The minimum atomic E-state index is -0.375. The van der Waals surface area contributed by atoms with Crippen molar-refractivity contribution in [3.05, 3.63) is 23.3 Å². The third-order valence-electron chi connectivity index (χ3n) is 2.60. The van der Waals surface area contributed by atoms with Crippen molar-refractivity contribution >= 4 is 11.8 Å². The van der Waals surface area contributed by atoms with E-state index in [-0.39, 0.29) is 35.4 Å². The van der Waals surface area contributed by atoms with Crippen LogP contribution in [-0.2, 0) is 4.79 Å². The highest BCUT2D eigenvalue weighted by Gasteiger charge is 2.18. The Balaban J connectivity index is 3.12. The van der Waals surface area contributed by atoms with Crippen LogP contribution in [0.1, 0.15) is 43.1 Å². The third-order valence-corrected chi connectivity index (χ3v) is 2.60. The van der Waals surface area contributed by atoms with Crippen LogP contribution in [-0.4, -0.2) is 16.9 Å². The standard InChI is InChI=1S/C14H18O4/c1-5-13(16)18-12-7-11(15)10(6-9(12)4)14(17)8(2)3/h6-8,15H,5H2,1-4H3. The molecule has 1 N–H and O–H groups in total. The number of phenolic OH excluding ortho intramolecular Hbond substituents is 1. The van der Waals surface area contributed by atoms with Gasteiger partial charge in [0.25, 0.3) is 0 Å². The number of aryl methyl sites for hydroxylation is 1. The Morgan fingerprint density at radius 1 is 1.33 bits per heavy atom. The summed E-state index contributed by atoms with van der Waals surface area (Å²) in [6.45, 7) is 6.95. The van der Waals surface area contributed by atoms with Crippen LogP contribution in [0.3, 0.4) is 0 Å². The summed E-state index contributed by atoms with van der Waals surface area (Å²) in [5.41, 5.74) is 0.914. The van der Waals surface area contributed by atoms with E-state index in [2.05, 4.69) is 0 Å². The largest absolute Gasteiger partial charge is 0.507 e. The molecule has 4 heteroatoms. The molecule has 1 aromatic rings. The van der Waals surface area contributed by atoms with Crippen molar-refractivity contribution in [2.45, 2.75) is 34.1 Å². The van der Waals surface area contributed by atoms with Crippen molar-refractivity contribution in [2.24, 2.45) is 5.92 Å². The highest BCUT2D eigenvalue weighted by molar-refractivity contribution is 6.00. The lowest BCUT2D eigenvalue weighted by Gasteiger charge is -2.11. The van der Waals surface area contributed by atoms with Gasteiger partial charge in [-0.2, -0.15) is 0 Å². The second-order valence-corrected chi connectivity index (χ2v) is 4.48. The number of carbonyl (C=O) groups excluding carboxylic acids is 2. The van der Waals surface area contributed by atoms with Gasteiger partial charge >= 0.3 is 5.97 Å². The van der Waals surface area contributed by atoms with Crippen molar-refractivity contribution in [3.8, 4) is 11.5 Å². The van der Waals surface area contributed by atoms with Crippen molar-refractivity contribution in [3.63, 3.8) is 0 Å². The number of carbonyl (C=O) groups is 2. The number of Topliss-reactive ketones (excluding diaryl/α,β-unsaturated/α-hetero) is 1. The molecular formula is C14H18O4. The van der Waals surface area contributed by atoms with Gasteiger partial charge in [-0.25, -0.2) is 0 Å². The number of rotatable bonds is 4. The SMILES string of the molecule is CCC(=O)Oc1cc(O)c(C(=O)C(C)C)cc1C. The number of esters is 1. The minimum Gasteiger partial charge on any atom is -0.507 e. The number of ketones is 1. The van der Waals surface area contributed by atoms with Crippen LogP contribution >= 0.6 is 0 Å². The van der Waals surface area contributed by atoms with Gasteiger partial charge in [0, 0.05) is 18.4 Å². The molecule has 0 bridgehead atoms. The Morgan fingerprint density at radius 2 is 1.94 bits per heavy atom. The summed E-state index contributed by atoms with van der Waals surface area (Å²) in [6.07, 6.45) is 0.257. The Kier molecular flexibility index (Phi) is 4.48. The first-order chi connectivity index (χ1) is 8.36. The van der Waals surface area contributed by atoms with Crippen LogP contribution in [0.4, 0.5) is 0 Å². The molecule has 0 radical (unpaired) electrons. The first-order valence-electron chi connectivity index (χ1n) is 5.95. The van der Waals surface area contributed by atoms with Crippen molar-refractivity contribution < 1.29 is 19.4 Å². The van der Waals surface area contributed by atoms with Crippen LogP contribution in [0, 0.1) is 12.8 Å². The van der Waals surface area contributed by atoms with Crippen LogP contribution in [0.25, 0.3) is 0 Å². The highest BCUT2D eigenvalue weighted by Crippen LogP contribution is 2.29. The molecule has 18 heavy (non-hydrogen) atoms. The fourth-order valence-corrected chi connectivity index (χ4v) is 1.49. The zero-order chi connectivity index (χ0) is 13.9. The number of ether oxygens (including phenoxy) is 1. The van der Waals surface area contributed by atoms with Gasteiger partial charge in [-0.1, -0.05) is 20.8 Å². The smallest absolute Gasteiger partial charge is 0.310 e. The molecule has 0 saturated carbocycles. The molecule has 0 unspecified atom stereocenters. The second-order valence-electron chi connectivity index (χ2n) is 4.48. The van der Waals surface area contributed by atoms with Gasteiger partial charge in [0.05, 0.1) is 5.56 Å². The van der Waals surface area contributed by atoms with Crippen LogP contribution in [0.2, 0.25) is 0 Å². The van der Waals surface area contributed by atoms with Gasteiger partial charge in [0.15, 0.2) is 5.78 Å². The summed E-state index contributed by atoms with van der Waals surface area (Å²) >= 11 is 0. The van der Waals surface area contributed by atoms with E-state index in [0.717, 1.165) is 0 Å². The topological polar surface area (TPSA) is 63.6 Å². The normalized spacial score (nSPS) is 10.5. The van der Waals surface area contributed by atoms with Gasteiger partial charge < -0.3 is 9.84 Å². The molecule has 0 spiro atoms. The Hall–Kier alpha value is -1.84. The summed E-state index contributed by atoms with van der Waals surface area (Å²) in [5.74, 6) is -0.568. The fourth-order valence-electron chi connectivity index (χ4n) is 1.49. The number of hydrogen-bond donors (Lipinski definition) is 1. The maximum atomic E-state index is 11.8. The lowest BCUT2D eigenvalue weighted by atomic mass is 9.98. The van der Waals surface area contributed by atoms with Crippen LogP contribution in [0.15, 0.2) is 12.1 Å². The molecule has 0 fully saturated rings. The third kappa shape index (κ3) is 3.09. The predicted octanol–water partition coefficient (Wildman–Crippen LogP) is 2.85. The van der Waals surface area contributed by atoms with E-state index in [0.29, 0.717) is 11.3 Å². The lowest BCUT2D eigenvalue weighted by molar-refractivity contribution is -0.134. The molecule has 98 valence electrons. The summed E-state index contributed by atoms with van der Waals surface area (Å²) in [5, 5.41) is 9.81. The van der Waals surface area contributed by atoms with Gasteiger partial charge in [0.2, 0.25) is 0 Å². The summed E-state index contributed by atoms with van der Waals surface area (Å²) < 4.78 is 5.06. The highest BCUT2D eigenvalue weighted by atomic mass is 16.5. The zero-order valence-electron chi connectivity index (χ0n) is 11.1. The molecule has 1 aromatic carbocycles. The summed E-state index contributed by atoms with van der Waals surface area (Å²) in [7, 11) is 0. The average Bonchev–Trinajstić information content (AvgIpc) is 2.32. The molecule has 0 aromatic heterocycles. The molecule has 0 aliphatic rings. The molecule has 0 heterocycles. The van der Waals surface area contributed by atoms with E-state index in [1.807, 2.05) is 0 Å². The van der Waals surface area contributed by atoms with E-state index >= 15 is 0 Å². The molecule has 1 rings (SSSR count). The van der Waals surface area contributed by atoms with E-state index < -0.39 is 0 Å². The number of phenols is 1. The Bertz CT molecular complexity index is 475. The maximum Gasteiger partial charge on any atom is 0.310 e. The first-order valence-corrected chi connectivity index (χ1v) is 5.95. The summed E-state index contributed by atoms with van der Waals surface area (Å²) in [6, 6.07) is 2.87. The van der Waals surface area contributed by atoms with Gasteiger partial charge in [-0.05, 0) is 18.6 Å². The van der Waals surface area contributed by atoms with Crippen molar-refractivity contribution in [1.82, 2.24) is 0 Å². The van der Waals surface area contributed by atoms with E-state index in [4.69, 9.17) is 4.74 Å². The number of benzene rings is 1. The monoisotopic (exact) mass is 250 g/mol. The Labute approximate surface area is 107 Å². The molecular weight excluding hydrogens is 232 g/mol. The van der Waals surface area contributed by atoms with Gasteiger partial charge in [-0.3, -0.25) is 9.59 Å². The van der Waals surface area contributed by atoms with E-state index in [9.17, 15) is 14.7 Å². The van der Waals surface area contributed by atoms with Gasteiger partial charge in [-0.15, -0.1) is 0 Å². The van der Waals surface area contributed by atoms with Crippen molar-refractivity contribution in [2.75, 3.05) is 0 Å². The molecule has 0 atom stereocenters. The van der Waals surface area contributed by atoms with Gasteiger partial charge in [0.1, 0.15) is 11.5 Å². The van der Waals surface area contributed by atoms with E-state index in [1.165, 1.54) is 6.07 Å². The predicted molar refractivity (Wildman–Crippen MR) is 67.9 cm³/mol. The molecule has 0 saturated heterocycles. The van der Waals surface area contributed by atoms with Crippen molar-refractivity contribution in [1.29, 1.82) is 0 Å². The number of hydrogen-bond acceptors (Lipinski definition) is 4. The summed E-state index contributed by atoms with van der Waals surface area (Å²) in [4.78, 5) is 23.0. The number of aromatic hydroxyl groups is 1. The minimum absolute atomic E-state index is 0.135. The maximum absolute atomic E-state index is 11.8. The second kappa shape index (κ2) is 5.67. The fraction of sp³-hybridized carbons (Fsp3) is 0.429.